The second-order valence-electron chi connectivity index (χ2n) is 25.1. The summed E-state index contributed by atoms with van der Waals surface area (Å²) in [5.74, 6) is 1.14. The molecule has 0 aromatic heterocycles. The van der Waals surface area contributed by atoms with Gasteiger partial charge in [0.05, 0.1) is 66.6 Å². The van der Waals surface area contributed by atoms with Crippen molar-refractivity contribution in [1.82, 2.24) is 0 Å². The molecule has 0 saturated carbocycles. The van der Waals surface area contributed by atoms with Crippen molar-refractivity contribution in [3.05, 3.63) is 96.6 Å². The van der Waals surface area contributed by atoms with E-state index in [1.54, 1.807) is 0 Å². The average molecular weight is 1050 g/mol. The molecular formula is C60H92O9SSi2. The third-order valence-electron chi connectivity index (χ3n) is 17.7. The molecule has 5 saturated heterocycles. The Morgan fingerprint density at radius 3 is 1.93 bits per heavy atom. The largest absolute Gasteiger partial charge is 0.409 e. The first-order valence-corrected chi connectivity index (χ1v) is 33.6. The van der Waals surface area contributed by atoms with E-state index >= 15 is 0 Å². The molecule has 5 heterocycles. The van der Waals surface area contributed by atoms with Gasteiger partial charge in [0.2, 0.25) is 0 Å². The molecule has 0 spiro atoms. The summed E-state index contributed by atoms with van der Waals surface area (Å²) in [5.41, 5.74) is 0.0558. The average Bonchev–Trinajstić information content (AvgIpc) is 3.60. The Balaban J connectivity index is 0.947. The van der Waals surface area contributed by atoms with E-state index in [-0.39, 0.29) is 58.7 Å². The summed E-state index contributed by atoms with van der Waals surface area (Å²) < 4.78 is 57.5. The van der Waals surface area contributed by atoms with E-state index in [1.807, 2.05) is 17.8 Å². The SMILES string of the molecule is CCS[C@@]12CC[C@@H]3O[C@H](CCCOCc4ccccc4)[C@@](C)(O[Si](C)(C)C(C)(C)C)CC[C@H]3O[C@H]1C[C@H]1O[C@H]3C[C@H](C)[C@H](CCCO[Si](c4ccccc4)(c4ccccc4)C(C)(C)C)O[C@]3(C)C[C@H](O)[C@@H]1O2. The van der Waals surface area contributed by atoms with Crippen molar-refractivity contribution in [3.63, 3.8) is 0 Å². The van der Waals surface area contributed by atoms with Crippen LogP contribution in [0, 0.1) is 5.92 Å². The molecule has 0 unspecified atom stereocenters. The topological polar surface area (TPSA) is 94.1 Å². The molecule has 1 N–H and O–H groups in total. The van der Waals surface area contributed by atoms with Crippen LogP contribution >= 0.6 is 11.8 Å². The molecule has 0 aliphatic carbocycles. The highest BCUT2D eigenvalue weighted by atomic mass is 32.2. The van der Waals surface area contributed by atoms with Crippen molar-refractivity contribution in [1.29, 1.82) is 0 Å². The van der Waals surface area contributed by atoms with E-state index in [9.17, 15) is 5.11 Å². The molecule has 13 atom stereocenters. The zero-order chi connectivity index (χ0) is 51.6. The van der Waals surface area contributed by atoms with Gasteiger partial charge in [-0.2, -0.15) is 0 Å². The van der Waals surface area contributed by atoms with Crippen LogP contribution in [0.5, 0.6) is 0 Å². The first-order valence-electron chi connectivity index (χ1n) is 27.8. The van der Waals surface area contributed by atoms with E-state index < -0.39 is 45.0 Å². The van der Waals surface area contributed by atoms with Gasteiger partial charge in [0.1, 0.15) is 11.0 Å². The molecule has 72 heavy (non-hydrogen) atoms. The van der Waals surface area contributed by atoms with Gasteiger partial charge in [-0.1, -0.05) is 146 Å². The zero-order valence-electron chi connectivity index (χ0n) is 46.2. The molecule has 0 bridgehead atoms. The Morgan fingerprint density at radius 2 is 1.31 bits per heavy atom. The van der Waals surface area contributed by atoms with E-state index in [1.165, 1.54) is 15.9 Å². The third kappa shape index (κ3) is 12.1. The normalized spacial score (nSPS) is 34.6. The Hall–Kier alpha value is -1.92. The lowest BCUT2D eigenvalue weighted by molar-refractivity contribution is -0.256. The summed E-state index contributed by atoms with van der Waals surface area (Å²) in [6.07, 6.45) is 6.45. The molecule has 5 fully saturated rings. The molecule has 12 heteroatoms. The molecule has 8 rings (SSSR count). The van der Waals surface area contributed by atoms with Crippen LogP contribution in [-0.4, -0.2) is 112 Å². The molecular weight excluding hydrogens is 953 g/mol. The summed E-state index contributed by atoms with van der Waals surface area (Å²) in [7, 11) is -4.82. The van der Waals surface area contributed by atoms with Gasteiger partial charge in [0, 0.05) is 26.1 Å². The lowest BCUT2D eigenvalue weighted by Crippen LogP contribution is -2.66. The summed E-state index contributed by atoms with van der Waals surface area (Å²) in [4.78, 5) is -0.629. The highest BCUT2D eigenvalue weighted by Crippen LogP contribution is 2.53. The van der Waals surface area contributed by atoms with Gasteiger partial charge in [-0.25, -0.2) is 0 Å². The lowest BCUT2D eigenvalue weighted by Gasteiger charge is -2.50. The smallest absolute Gasteiger partial charge is 0.261 e. The maximum Gasteiger partial charge on any atom is 0.261 e. The predicted molar refractivity (Wildman–Crippen MR) is 297 cm³/mol. The van der Waals surface area contributed by atoms with Gasteiger partial charge in [-0.15, -0.1) is 11.8 Å². The molecule has 3 aromatic rings. The van der Waals surface area contributed by atoms with Crippen LogP contribution in [0.25, 0.3) is 0 Å². The molecule has 400 valence electrons. The van der Waals surface area contributed by atoms with Crippen LogP contribution < -0.4 is 10.4 Å². The number of benzene rings is 3. The highest BCUT2D eigenvalue weighted by molar-refractivity contribution is 8.00. The van der Waals surface area contributed by atoms with Gasteiger partial charge in [-0.05, 0) is 122 Å². The van der Waals surface area contributed by atoms with E-state index in [0.717, 1.165) is 63.5 Å². The number of aliphatic hydroxyl groups is 1. The molecule has 5 aliphatic rings. The van der Waals surface area contributed by atoms with Gasteiger partial charge in [0.15, 0.2) is 8.32 Å². The van der Waals surface area contributed by atoms with Crippen LogP contribution in [-0.2, 0) is 43.9 Å². The number of ether oxygens (including phenoxy) is 6. The first kappa shape index (κ1) is 56.3. The standard InChI is InChI=1S/C60H92O9SSi2/c1-13-70-60-36-34-50-49(33-35-58(9,69-71(11,12)56(3,4)5)52(64-50)32-24-37-62-42-44-25-17-14-18-26-44)65-54(60)40-51-55(68-60)47(61)41-59(10)53(66-51)39-43(2)48(67-59)31-23-38-63-72(57(6,7)8,45-27-19-15-20-28-45)46-29-21-16-22-30-46/h14-22,25-30,43,47-55,61H,13,23-24,31-42H2,1-12H3/t43-,47-,48-,49+,50-,51+,52+,53-,54-,55-,58-,59+,60-/m0/s1. The molecule has 9 nitrogen and oxygen atoms in total. The Kier molecular flexibility index (Phi) is 18.0. The minimum absolute atomic E-state index is 0.0198. The van der Waals surface area contributed by atoms with Crippen molar-refractivity contribution in [2.45, 2.75) is 241 Å². The van der Waals surface area contributed by atoms with Crippen LogP contribution in [0.3, 0.4) is 0 Å². The first-order chi connectivity index (χ1) is 34.1. The van der Waals surface area contributed by atoms with E-state index in [4.69, 9.17) is 37.3 Å². The van der Waals surface area contributed by atoms with E-state index in [0.29, 0.717) is 32.7 Å². The quantitative estimate of drug-likeness (QED) is 0.104. The second-order valence-corrected chi connectivity index (χ2v) is 35.7. The molecule has 5 aliphatic heterocycles. The number of thioether (sulfide) groups is 1. The summed E-state index contributed by atoms with van der Waals surface area (Å²) >= 11 is 1.83. The highest BCUT2D eigenvalue weighted by Gasteiger charge is 2.60. The summed E-state index contributed by atoms with van der Waals surface area (Å²) in [5, 5.41) is 14.9. The van der Waals surface area contributed by atoms with Crippen molar-refractivity contribution >= 4 is 38.8 Å². The molecule has 3 aromatic carbocycles. The second kappa shape index (κ2) is 23.0. The molecule has 0 amide bonds. The molecule has 0 radical (unpaired) electrons. The van der Waals surface area contributed by atoms with Gasteiger partial charge in [0.25, 0.3) is 8.32 Å². The van der Waals surface area contributed by atoms with Gasteiger partial charge in [-0.3, -0.25) is 0 Å². The number of hydrogen-bond donors (Lipinski definition) is 1. The maximum absolute atomic E-state index is 12.4. The summed E-state index contributed by atoms with van der Waals surface area (Å²) in [6.45, 7) is 29.6. The number of fused-ring (bicyclic) bond motifs is 4. The minimum Gasteiger partial charge on any atom is -0.409 e. The van der Waals surface area contributed by atoms with Crippen LogP contribution in [0.15, 0.2) is 91.0 Å². The summed E-state index contributed by atoms with van der Waals surface area (Å²) in [6, 6.07) is 32.2. The minimum atomic E-state index is -2.65. The van der Waals surface area contributed by atoms with Crippen molar-refractivity contribution in [2.75, 3.05) is 19.0 Å². The fourth-order valence-corrected chi connectivity index (χ4v) is 20.3. The van der Waals surface area contributed by atoms with Crippen LogP contribution in [0.1, 0.15) is 145 Å². The monoisotopic (exact) mass is 1040 g/mol. The Morgan fingerprint density at radius 1 is 0.708 bits per heavy atom. The van der Waals surface area contributed by atoms with Crippen LogP contribution in [0.4, 0.5) is 0 Å². The number of aliphatic hydroxyl groups excluding tert-OH is 1. The zero-order valence-corrected chi connectivity index (χ0v) is 49.0. The number of rotatable bonds is 17. The predicted octanol–water partition coefficient (Wildman–Crippen LogP) is 12.2. The number of hydrogen-bond acceptors (Lipinski definition) is 10. The fraction of sp³-hybridized carbons (Fsp3) is 0.700. The van der Waals surface area contributed by atoms with E-state index in [2.05, 4.69) is 167 Å². The van der Waals surface area contributed by atoms with Crippen molar-refractivity contribution in [3.8, 4) is 0 Å². The third-order valence-corrected chi connectivity index (χ3v) is 28.7. The van der Waals surface area contributed by atoms with Crippen LogP contribution in [0.2, 0.25) is 23.2 Å². The lowest BCUT2D eigenvalue weighted by atomic mass is 9.80. The van der Waals surface area contributed by atoms with Crippen molar-refractivity contribution in [2.24, 2.45) is 5.92 Å². The Bertz CT molecular complexity index is 2120. The van der Waals surface area contributed by atoms with Crippen molar-refractivity contribution < 1.29 is 42.4 Å². The van der Waals surface area contributed by atoms with Gasteiger partial charge >= 0.3 is 0 Å². The maximum atomic E-state index is 12.4. The van der Waals surface area contributed by atoms with Gasteiger partial charge < -0.3 is 42.4 Å². The Labute approximate surface area is 441 Å². The fourth-order valence-electron chi connectivity index (χ4n) is 12.7.